The molecule has 1 aromatic carbocycles. The van der Waals surface area contributed by atoms with Gasteiger partial charge in [-0.05, 0) is 35.7 Å². The van der Waals surface area contributed by atoms with Crippen molar-refractivity contribution in [1.82, 2.24) is 9.88 Å². The SMILES string of the molecule is CN(C)C(=O)C(Cc1cccnc1)c1cccc(N)c1. The summed E-state index contributed by atoms with van der Waals surface area (Å²) in [4.78, 5) is 18.1. The average Bonchev–Trinajstić information content (AvgIpc) is 2.45. The van der Waals surface area contributed by atoms with Gasteiger partial charge in [-0.15, -0.1) is 0 Å². The molecule has 0 saturated carbocycles. The topological polar surface area (TPSA) is 59.2 Å². The third kappa shape index (κ3) is 3.35. The number of carbonyl (C=O) groups excluding carboxylic acids is 1. The quantitative estimate of drug-likeness (QED) is 0.864. The van der Waals surface area contributed by atoms with E-state index in [0.717, 1.165) is 11.1 Å². The molecule has 0 aliphatic rings. The lowest BCUT2D eigenvalue weighted by Crippen LogP contribution is -2.29. The van der Waals surface area contributed by atoms with Crippen molar-refractivity contribution < 1.29 is 4.79 Å². The first-order valence-electron chi connectivity index (χ1n) is 6.53. The molecule has 1 aromatic heterocycles. The second kappa shape index (κ2) is 6.19. The van der Waals surface area contributed by atoms with Crippen LogP contribution in [0.3, 0.4) is 0 Å². The van der Waals surface area contributed by atoms with Crippen LogP contribution in [0.5, 0.6) is 0 Å². The minimum absolute atomic E-state index is 0.0689. The zero-order chi connectivity index (χ0) is 14.5. The highest BCUT2D eigenvalue weighted by Crippen LogP contribution is 2.24. The Morgan fingerprint density at radius 2 is 2.10 bits per heavy atom. The van der Waals surface area contributed by atoms with Crippen LogP contribution >= 0.6 is 0 Å². The number of benzene rings is 1. The predicted octanol–water partition coefficient (Wildman–Crippen LogP) is 2.08. The lowest BCUT2D eigenvalue weighted by Gasteiger charge is -2.21. The molecule has 2 aromatic rings. The van der Waals surface area contributed by atoms with E-state index in [1.54, 1.807) is 31.4 Å². The molecule has 1 amide bonds. The number of pyridine rings is 1. The first kappa shape index (κ1) is 14.1. The molecule has 1 unspecified atom stereocenters. The zero-order valence-electron chi connectivity index (χ0n) is 11.8. The van der Waals surface area contributed by atoms with Crippen LogP contribution in [-0.2, 0) is 11.2 Å². The molecule has 20 heavy (non-hydrogen) atoms. The number of carbonyl (C=O) groups is 1. The Morgan fingerprint density at radius 3 is 2.70 bits per heavy atom. The number of hydrogen-bond acceptors (Lipinski definition) is 3. The molecule has 2 rings (SSSR count). The fourth-order valence-electron chi connectivity index (χ4n) is 2.19. The van der Waals surface area contributed by atoms with Gasteiger partial charge in [-0.1, -0.05) is 18.2 Å². The number of nitrogen functional groups attached to an aromatic ring is 1. The van der Waals surface area contributed by atoms with Gasteiger partial charge >= 0.3 is 0 Å². The summed E-state index contributed by atoms with van der Waals surface area (Å²) < 4.78 is 0. The molecule has 4 nitrogen and oxygen atoms in total. The maximum atomic E-state index is 12.4. The monoisotopic (exact) mass is 269 g/mol. The minimum atomic E-state index is -0.238. The smallest absolute Gasteiger partial charge is 0.229 e. The highest BCUT2D eigenvalue weighted by atomic mass is 16.2. The summed E-state index contributed by atoms with van der Waals surface area (Å²) in [7, 11) is 3.54. The fraction of sp³-hybridized carbons (Fsp3) is 0.250. The molecule has 0 spiro atoms. The van der Waals surface area contributed by atoms with E-state index in [4.69, 9.17) is 5.73 Å². The van der Waals surface area contributed by atoms with Gasteiger partial charge in [0.05, 0.1) is 5.92 Å². The van der Waals surface area contributed by atoms with Crippen LogP contribution in [0.25, 0.3) is 0 Å². The van der Waals surface area contributed by atoms with Gasteiger partial charge in [-0.25, -0.2) is 0 Å². The van der Waals surface area contributed by atoms with Crippen molar-refractivity contribution in [2.75, 3.05) is 19.8 Å². The van der Waals surface area contributed by atoms with Crippen LogP contribution in [0.15, 0.2) is 48.8 Å². The highest BCUT2D eigenvalue weighted by molar-refractivity contribution is 5.84. The van der Waals surface area contributed by atoms with Crippen LogP contribution in [-0.4, -0.2) is 29.9 Å². The Balaban J connectivity index is 2.32. The standard InChI is InChI=1S/C16H19N3O/c1-19(2)16(20)15(9-12-5-4-8-18-11-12)13-6-3-7-14(17)10-13/h3-8,10-11,15H,9,17H2,1-2H3. The summed E-state index contributed by atoms with van der Waals surface area (Å²) in [6.07, 6.45) is 4.14. The van der Waals surface area contributed by atoms with Crippen molar-refractivity contribution in [2.45, 2.75) is 12.3 Å². The van der Waals surface area contributed by atoms with Gasteiger partial charge < -0.3 is 10.6 Å². The summed E-state index contributed by atoms with van der Waals surface area (Å²) in [6.45, 7) is 0. The van der Waals surface area contributed by atoms with Crippen molar-refractivity contribution in [2.24, 2.45) is 0 Å². The molecule has 0 aliphatic heterocycles. The van der Waals surface area contributed by atoms with E-state index in [0.29, 0.717) is 12.1 Å². The normalized spacial score (nSPS) is 11.9. The van der Waals surface area contributed by atoms with E-state index in [2.05, 4.69) is 4.98 Å². The van der Waals surface area contributed by atoms with Gasteiger partial charge in [-0.3, -0.25) is 9.78 Å². The molecule has 0 fully saturated rings. The lowest BCUT2D eigenvalue weighted by atomic mass is 9.91. The Labute approximate surface area is 119 Å². The minimum Gasteiger partial charge on any atom is -0.399 e. The predicted molar refractivity (Wildman–Crippen MR) is 80.2 cm³/mol. The number of aromatic nitrogens is 1. The third-order valence-corrected chi connectivity index (χ3v) is 3.21. The Kier molecular flexibility index (Phi) is 4.35. The maximum absolute atomic E-state index is 12.4. The van der Waals surface area contributed by atoms with Gasteiger partial charge in [0.15, 0.2) is 0 Å². The Bertz CT molecular complexity index is 581. The Morgan fingerprint density at radius 1 is 1.30 bits per heavy atom. The van der Waals surface area contributed by atoms with Gasteiger partial charge in [0, 0.05) is 32.2 Å². The number of nitrogens with zero attached hydrogens (tertiary/aromatic N) is 2. The third-order valence-electron chi connectivity index (χ3n) is 3.21. The summed E-state index contributed by atoms with van der Waals surface area (Å²) in [5, 5.41) is 0. The molecule has 0 bridgehead atoms. The zero-order valence-corrected chi connectivity index (χ0v) is 11.8. The van der Waals surface area contributed by atoms with Crippen molar-refractivity contribution in [3.63, 3.8) is 0 Å². The van der Waals surface area contributed by atoms with E-state index < -0.39 is 0 Å². The van der Waals surface area contributed by atoms with E-state index in [-0.39, 0.29) is 11.8 Å². The van der Waals surface area contributed by atoms with Crippen LogP contribution in [0.2, 0.25) is 0 Å². The van der Waals surface area contributed by atoms with Gasteiger partial charge in [0.25, 0.3) is 0 Å². The molecular formula is C16H19N3O. The second-order valence-electron chi connectivity index (χ2n) is 5.02. The summed E-state index contributed by atoms with van der Waals surface area (Å²) in [6, 6.07) is 11.4. The van der Waals surface area contributed by atoms with Gasteiger partial charge in [0.1, 0.15) is 0 Å². The van der Waals surface area contributed by atoms with Crippen LogP contribution in [0.1, 0.15) is 17.0 Å². The average molecular weight is 269 g/mol. The summed E-state index contributed by atoms with van der Waals surface area (Å²) in [5.74, 6) is -0.169. The molecule has 1 heterocycles. The Hall–Kier alpha value is -2.36. The van der Waals surface area contributed by atoms with Crippen LogP contribution < -0.4 is 5.73 Å². The molecule has 0 saturated heterocycles. The molecular weight excluding hydrogens is 250 g/mol. The van der Waals surface area contributed by atoms with Gasteiger partial charge in [-0.2, -0.15) is 0 Å². The molecule has 0 aliphatic carbocycles. The van der Waals surface area contributed by atoms with E-state index in [1.807, 2.05) is 36.4 Å². The van der Waals surface area contributed by atoms with Crippen LogP contribution in [0.4, 0.5) is 5.69 Å². The molecule has 2 N–H and O–H groups in total. The molecule has 104 valence electrons. The van der Waals surface area contributed by atoms with Crippen molar-refractivity contribution in [3.8, 4) is 0 Å². The number of amides is 1. The summed E-state index contributed by atoms with van der Waals surface area (Å²) in [5.41, 5.74) is 8.48. The number of nitrogens with two attached hydrogens (primary N) is 1. The molecule has 4 heteroatoms. The first-order chi connectivity index (χ1) is 9.58. The second-order valence-corrected chi connectivity index (χ2v) is 5.02. The maximum Gasteiger partial charge on any atom is 0.229 e. The number of likely N-dealkylation sites (N-methyl/N-ethyl adjacent to an activating group) is 1. The largest absolute Gasteiger partial charge is 0.399 e. The fourth-order valence-corrected chi connectivity index (χ4v) is 2.19. The number of hydrogen-bond donors (Lipinski definition) is 1. The summed E-state index contributed by atoms with van der Waals surface area (Å²) >= 11 is 0. The molecule has 0 radical (unpaired) electrons. The van der Waals surface area contributed by atoms with Gasteiger partial charge in [0.2, 0.25) is 5.91 Å². The van der Waals surface area contributed by atoms with Crippen molar-refractivity contribution in [1.29, 1.82) is 0 Å². The van der Waals surface area contributed by atoms with E-state index in [9.17, 15) is 4.79 Å². The first-order valence-corrected chi connectivity index (χ1v) is 6.53. The van der Waals surface area contributed by atoms with E-state index >= 15 is 0 Å². The van der Waals surface area contributed by atoms with Crippen molar-refractivity contribution in [3.05, 3.63) is 59.9 Å². The number of anilines is 1. The van der Waals surface area contributed by atoms with Crippen molar-refractivity contribution >= 4 is 11.6 Å². The highest BCUT2D eigenvalue weighted by Gasteiger charge is 2.22. The lowest BCUT2D eigenvalue weighted by molar-refractivity contribution is -0.130. The van der Waals surface area contributed by atoms with Crippen LogP contribution in [0, 0.1) is 0 Å². The number of rotatable bonds is 4. The molecule has 1 atom stereocenters. The van der Waals surface area contributed by atoms with E-state index in [1.165, 1.54) is 0 Å².